The standard InChI is InChI=1S/C22H30O6/c1-19-8-4-3-5-15(19)13(12-23)11-14-16(19)6-9-20(2)17(14)7-10-21(20,25)18(24)22(26,27)28/h3,5,12,14,16-17,25-28H,4,6-11H2,1-2H3/t14-,16+,17+,19+,20+,21+/m1/s1. The highest BCUT2D eigenvalue weighted by Gasteiger charge is 2.68. The number of fused-ring (bicyclic) bond motifs is 5. The zero-order chi connectivity index (χ0) is 20.5. The van der Waals surface area contributed by atoms with Gasteiger partial charge in [0, 0.05) is 5.41 Å². The largest absolute Gasteiger partial charge is 0.381 e. The van der Waals surface area contributed by atoms with Gasteiger partial charge in [0.05, 0.1) is 0 Å². The summed E-state index contributed by atoms with van der Waals surface area (Å²) in [5, 5.41) is 39.6. The molecule has 4 aliphatic carbocycles. The number of hydrogen-bond acceptors (Lipinski definition) is 6. The summed E-state index contributed by atoms with van der Waals surface area (Å²) in [4.78, 5) is 24.4. The third-order valence-electron chi connectivity index (χ3n) is 8.76. The van der Waals surface area contributed by atoms with Gasteiger partial charge >= 0.3 is 5.97 Å². The van der Waals surface area contributed by atoms with Gasteiger partial charge in [-0.25, -0.2) is 0 Å². The van der Waals surface area contributed by atoms with E-state index in [0.29, 0.717) is 25.2 Å². The van der Waals surface area contributed by atoms with Crippen molar-refractivity contribution in [3.05, 3.63) is 23.3 Å². The van der Waals surface area contributed by atoms with E-state index in [1.165, 1.54) is 0 Å². The minimum absolute atomic E-state index is 0.0261. The molecule has 0 spiro atoms. The van der Waals surface area contributed by atoms with Gasteiger partial charge in [0.25, 0.3) is 5.78 Å². The van der Waals surface area contributed by atoms with Crippen LogP contribution in [-0.2, 0) is 9.59 Å². The average Bonchev–Trinajstić information content (AvgIpc) is 2.91. The van der Waals surface area contributed by atoms with E-state index >= 15 is 0 Å². The van der Waals surface area contributed by atoms with Crippen LogP contribution in [0.4, 0.5) is 0 Å². The summed E-state index contributed by atoms with van der Waals surface area (Å²) < 4.78 is 0. The number of hydrogen-bond donors (Lipinski definition) is 4. The number of allylic oxidation sites excluding steroid dienone is 4. The molecule has 0 radical (unpaired) electrons. The molecule has 28 heavy (non-hydrogen) atoms. The van der Waals surface area contributed by atoms with Crippen molar-refractivity contribution in [2.24, 2.45) is 28.6 Å². The third kappa shape index (κ3) is 2.41. The Balaban J connectivity index is 1.76. The molecule has 4 aliphatic rings. The SMILES string of the molecule is C[C@]12CCC=CC1=C(C=O)C[C@@H]1[C@@H]2CC[C@@]2(C)[C@H]1CC[C@]2(O)C(=O)C(O)(O)O. The Bertz CT molecular complexity index is 776. The summed E-state index contributed by atoms with van der Waals surface area (Å²) in [6.45, 7) is 4.06. The van der Waals surface area contributed by atoms with Crippen LogP contribution in [0, 0.1) is 28.6 Å². The first-order valence-corrected chi connectivity index (χ1v) is 10.3. The van der Waals surface area contributed by atoms with Crippen molar-refractivity contribution in [3.63, 3.8) is 0 Å². The minimum Gasteiger partial charge on any atom is -0.381 e. The Morgan fingerprint density at radius 2 is 1.82 bits per heavy atom. The molecule has 0 unspecified atom stereocenters. The Labute approximate surface area is 165 Å². The zero-order valence-electron chi connectivity index (χ0n) is 16.5. The highest BCUT2D eigenvalue weighted by Crippen LogP contribution is 2.67. The summed E-state index contributed by atoms with van der Waals surface area (Å²) >= 11 is 0. The minimum atomic E-state index is -3.54. The quantitative estimate of drug-likeness (QED) is 0.430. The van der Waals surface area contributed by atoms with Gasteiger partial charge in [-0.15, -0.1) is 0 Å². The molecule has 0 saturated heterocycles. The van der Waals surface area contributed by atoms with Crippen LogP contribution in [0.3, 0.4) is 0 Å². The van der Waals surface area contributed by atoms with E-state index in [-0.39, 0.29) is 23.7 Å². The van der Waals surface area contributed by atoms with Crippen LogP contribution in [0.2, 0.25) is 0 Å². The lowest BCUT2D eigenvalue weighted by molar-refractivity contribution is -0.300. The van der Waals surface area contributed by atoms with E-state index < -0.39 is 22.8 Å². The molecule has 0 bridgehead atoms. The van der Waals surface area contributed by atoms with Crippen LogP contribution in [0.1, 0.15) is 58.8 Å². The maximum atomic E-state index is 12.5. The molecule has 0 aromatic heterocycles. The number of rotatable bonds is 3. The van der Waals surface area contributed by atoms with Gasteiger partial charge in [0.2, 0.25) is 0 Å². The van der Waals surface area contributed by atoms with Crippen molar-refractivity contribution < 1.29 is 30.0 Å². The molecular weight excluding hydrogens is 360 g/mol. The number of aliphatic hydroxyl groups is 4. The first kappa shape index (κ1) is 20.0. The third-order valence-corrected chi connectivity index (χ3v) is 8.76. The number of ketones is 1. The van der Waals surface area contributed by atoms with E-state index in [0.717, 1.165) is 36.7 Å². The second kappa shape index (κ2) is 6.08. The first-order valence-electron chi connectivity index (χ1n) is 10.3. The van der Waals surface area contributed by atoms with Crippen LogP contribution >= 0.6 is 0 Å². The first-order chi connectivity index (χ1) is 13.0. The van der Waals surface area contributed by atoms with Gasteiger partial charge in [-0.2, -0.15) is 0 Å². The summed E-state index contributed by atoms with van der Waals surface area (Å²) in [5.74, 6) is -4.41. The lowest BCUT2D eigenvalue weighted by atomic mass is 9.46. The smallest absolute Gasteiger partial charge is 0.342 e. The lowest BCUT2D eigenvalue weighted by Crippen LogP contribution is -2.62. The Kier molecular flexibility index (Phi) is 4.33. The number of carbonyl (C=O) groups is 2. The van der Waals surface area contributed by atoms with Gasteiger partial charge in [-0.1, -0.05) is 26.0 Å². The molecule has 0 amide bonds. The molecule has 4 rings (SSSR count). The van der Waals surface area contributed by atoms with Crippen LogP contribution in [-0.4, -0.2) is 44.1 Å². The van der Waals surface area contributed by atoms with Crippen molar-refractivity contribution >= 4 is 12.1 Å². The second-order valence-corrected chi connectivity index (χ2v) is 9.82. The molecule has 4 N–H and O–H groups in total. The topological polar surface area (TPSA) is 115 Å². The fourth-order valence-corrected chi connectivity index (χ4v) is 7.27. The molecule has 0 heterocycles. The van der Waals surface area contributed by atoms with Gasteiger partial charge < -0.3 is 20.4 Å². The van der Waals surface area contributed by atoms with Crippen molar-refractivity contribution in [3.8, 4) is 0 Å². The zero-order valence-corrected chi connectivity index (χ0v) is 16.5. The number of carbonyl (C=O) groups excluding carboxylic acids is 2. The van der Waals surface area contributed by atoms with Crippen molar-refractivity contribution in [1.82, 2.24) is 0 Å². The Morgan fingerprint density at radius 1 is 1.14 bits per heavy atom. The molecule has 0 aromatic rings. The van der Waals surface area contributed by atoms with Crippen LogP contribution in [0.5, 0.6) is 0 Å². The normalized spacial score (nSPS) is 45.3. The summed E-state index contributed by atoms with van der Waals surface area (Å²) in [6.07, 6.45) is 9.77. The molecule has 6 heteroatoms. The molecule has 6 atom stereocenters. The van der Waals surface area contributed by atoms with E-state index in [4.69, 9.17) is 0 Å². The van der Waals surface area contributed by atoms with Crippen LogP contribution in [0.25, 0.3) is 0 Å². The highest BCUT2D eigenvalue weighted by molar-refractivity contribution is 5.93. The van der Waals surface area contributed by atoms with Crippen molar-refractivity contribution in [2.75, 3.05) is 0 Å². The van der Waals surface area contributed by atoms with Crippen molar-refractivity contribution in [1.29, 1.82) is 0 Å². The molecule has 154 valence electrons. The molecule has 0 aliphatic heterocycles. The second-order valence-electron chi connectivity index (χ2n) is 9.82. The Morgan fingerprint density at radius 3 is 2.46 bits per heavy atom. The molecule has 6 nitrogen and oxygen atoms in total. The molecule has 0 aromatic carbocycles. The van der Waals surface area contributed by atoms with E-state index in [2.05, 4.69) is 19.1 Å². The fourth-order valence-electron chi connectivity index (χ4n) is 7.27. The molecule has 2 fully saturated rings. The van der Waals surface area contributed by atoms with Crippen LogP contribution in [0.15, 0.2) is 23.3 Å². The van der Waals surface area contributed by atoms with Gasteiger partial charge in [0.1, 0.15) is 11.9 Å². The maximum Gasteiger partial charge on any atom is 0.342 e. The van der Waals surface area contributed by atoms with Gasteiger partial charge in [0.15, 0.2) is 0 Å². The summed E-state index contributed by atoms with van der Waals surface area (Å²) in [5.41, 5.74) is -0.986. The predicted octanol–water partition coefficient (Wildman–Crippen LogP) is 1.62. The van der Waals surface area contributed by atoms with E-state index in [1.54, 1.807) is 0 Å². The van der Waals surface area contributed by atoms with Gasteiger partial charge in [-0.05, 0) is 79.3 Å². The van der Waals surface area contributed by atoms with E-state index in [9.17, 15) is 30.0 Å². The maximum absolute atomic E-state index is 12.5. The average molecular weight is 390 g/mol. The fraction of sp³-hybridized carbons (Fsp3) is 0.727. The number of Topliss-reactive ketones (excluding diaryl/α,β-unsaturated/α-hetero) is 1. The predicted molar refractivity (Wildman–Crippen MR) is 101 cm³/mol. The monoisotopic (exact) mass is 390 g/mol. The summed E-state index contributed by atoms with van der Waals surface area (Å²) in [6, 6.07) is 0. The molecule has 2 saturated carbocycles. The van der Waals surface area contributed by atoms with Gasteiger partial charge in [-0.3, -0.25) is 9.59 Å². The Hall–Kier alpha value is -1.34. The molecular formula is C22H30O6. The number of aldehydes is 1. The lowest BCUT2D eigenvalue weighted by Gasteiger charge is -2.58. The van der Waals surface area contributed by atoms with Crippen LogP contribution < -0.4 is 0 Å². The summed E-state index contributed by atoms with van der Waals surface area (Å²) in [7, 11) is 0. The van der Waals surface area contributed by atoms with Crippen molar-refractivity contribution in [2.45, 2.75) is 70.4 Å². The highest BCUT2D eigenvalue weighted by atomic mass is 16.7. The van der Waals surface area contributed by atoms with E-state index in [1.807, 2.05) is 6.92 Å².